The standard InChI is InChI=1S/C13H27N3/c1-11-7-14-8-12(11)9-15(2)10-13-5-4-6-16(13)3/h11-14H,4-10H2,1-3H3. The average molecular weight is 225 g/mol. The van der Waals surface area contributed by atoms with Crippen molar-refractivity contribution in [3.05, 3.63) is 0 Å². The molecule has 3 unspecified atom stereocenters. The predicted molar refractivity (Wildman–Crippen MR) is 68.7 cm³/mol. The van der Waals surface area contributed by atoms with Gasteiger partial charge >= 0.3 is 0 Å². The van der Waals surface area contributed by atoms with Crippen LogP contribution in [0.3, 0.4) is 0 Å². The van der Waals surface area contributed by atoms with Gasteiger partial charge < -0.3 is 15.1 Å². The van der Waals surface area contributed by atoms with Gasteiger partial charge in [0.05, 0.1) is 0 Å². The summed E-state index contributed by atoms with van der Waals surface area (Å²) in [4.78, 5) is 5.06. The van der Waals surface area contributed by atoms with Crippen LogP contribution in [0.1, 0.15) is 19.8 Å². The van der Waals surface area contributed by atoms with Crippen LogP contribution in [-0.4, -0.2) is 62.7 Å². The number of likely N-dealkylation sites (N-methyl/N-ethyl adjacent to an activating group) is 2. The zero-order valence-corrected chi connectivity index (χ0v) is 11.1. The van der Waals surface area contributed by atoms with E-state index in [9.17, 15) is 0 Å². The third-order valence-electron chi connectivity index (χ3n) is 4.42. The molecule has 3 atom stereocenters. The zero-order valence-electron chi connectivity index (χ0n) is 11.1. The molecule has 0 radical (unpaired) electrons. The van der Waals surface area contributed by atoms with Crippen LogP contribution in [0, 0.1) is 11.8 Å². The second kappa shape index (κ2) is 5.48. The smallest absolute Gasteiger partial charge is 0.0220 e. The fourth-order valence-corrected chi connectivity index (χ4v) is 3.15. The van der Waals surface area contributed by atoms with Gasteiger partial charge in [-0.2, -0.15) is 0 Å². The highest BCUT2D eigenvalue weighted by Gasteiger charge is 2.26. The molecule has 3 heteroatoms. The highest BCUT2D eigenvalue weighted by Crippen LogP contribution is 2.19. The number of nitrogens with one attached hydrogen (secondary N) is 1. The molecule has 1 N–H and O–H groups in total. The van der Waals surface area contributed by atoms with E-state index in [1.54, 1.807) is 0 Å². The highest BCUT2D eigenvalue weighted by atomic mass is 15.2. The first kappa shape index (κ1) is 12.3. The Labute approximate surface area is 100 Å². The van der Waals surface area contributed by atoms with Gasteiger partial charge in [-0.3, -0.25) is 0 Å². The number of nitrogens with zero attached hydrogens (tertiary/aromatic N) is 2. The maximum Gasteiger partial charge on any atom is 0.0220 e. The maximum absolute atomic E-state index is 3.49. The number of hydrogen-bond acceptors (Lipinski definition) is 3. The second-order valence-electron chi connectivity index (χ2n) is 5.89. The summed E-state index contributed by atoms with van der Waals surface area (Å²) in [6, 6.07) is 0.801. The summed E-state index contributed by atoms with van der Waals surface area (Å²) in [5.41, 5.74) is 0. The van der Waals surface area contributed by atoms with E-state index in [0.29, 0.717) is 0 Å². The van der Waals surface area contributed by atoms with Gasteiger partial charge in [-0.25, -0.2) is 0 Å². The quantitative estimate of drug-likeness (QED) is 0.766. The third kappa shape index (κ3) is 2.96. The van der Waals surface area contributed by atoms with E-state index < -0.39 is 0 Å². The lowest BCUT2D eigenvalue weighted by molar-refractivity contribution is 0.193. The van der Waals surface area contributed by atoms with Crippen molar-refractivity contribution < 1.29 is 0 Å². The van der Waals surface area contributed by atoms with Crippen molar-refractivity contribution in [1.82, 2.24) is 15.1 Å². The summed E-state index contributed by atoms with van der Waals surface area (Å²) < 4.78 is 0. The van der Waals surface area contributed by atoms with Gasteiger partial charge in [-0.1, -0.05) is 6.92 Å². The molecular weight excluding hydrogens is 198 g/mol. The van der Waals surface area contributed by atoms with Gasteiger partial charge in [0.15, 0.2) is 0 Å². The first-order valence-corrected chi connectivity index (χ1v) is 6.76. The van der Waals surface area contributed by atoms with E-state index in [1.807, 2.05) is 0 Å². The fraction of sp³-hybridized carbons (Fsp3) is 1.00. The first-order valence-electron chi connectivity index (χ1n) is 6.76. The minimum absolute atomic E-state index is 0.801. The molecule has 0 aliphatic carbocycles. The summed E-state index contributed by atoms with van der Waals surface area (Å²) in [6.07, 6.45) is 2.77. The van der Waals surface area contributed by atoms with Crippen molar-refractivity contribution in [2.24, 2.45) is 11.8 Å². The lowest BCUT2D eigenvalue weighted by Crippen LogP contribution is -2.39. The summed E-state index contributed by atoms with van der Waals surface area (Å²) in [5, 5.41) is 3.49. The Morgan fingerprint density at radius 2 is 2.12 bits per heavy atom. The first-order chi connectivity index (χ1) is 7.66. The Balaban J connectivity index is 1.73. The second-order valence-corrected chi connectivity index (χ2v) is 5.89. The maximum atomic E-state index is 3.49. The fourth-order valence-electron chi connectivity index (χ4n) is 3.15. The Bertz CT molecular complexity index is 197. The molecule has 3 nitrogen and oxygen atoms in total. The molecule has 0 aromatic carbocycles. The van der Waals surface area contributed by atoms with E-state index in [0.717, 1.165) is 17.9 Å². The molecule has 2 heterocycles. The van der Waals surface area contributed by atoms with Gasteiger partial charge in [-0.15, -0.1) is 0 Å². The molecule has 2 aliphatic rings. The van der Waals surface area contributed by atoms with E-state index in [4.69, 9.17) is 0 Å². The third-order valence-corrected chi connectivity index (χ3v) is 4.42. The van der Waals surface area contributed by atoms with E-state index >= 15 is 0 Å². The van der Waals surface area contributed by atoms with Crippen LogP contribution in [0.15, 0.2) is 0 Å². The molecule has 2 saturated heterocycles. The molecule has 2 fully saturated rings. The Kier molecular flexibility index (Phi) is 4.22. The minimum atomic E-state index is 0.801. The summed E-state index contributed by atoms with van der Waals surface area (Å²) in [6.45, 7) is 8.60. The minimum Gasteiger partial charge on any atom is -0.316 e. The molecule has 0 aromatic rings. The van der Waals surface area contributed by atoms with Gasteiger partial charge in [0, 0.05) is 19.1 Å². The monoisotopic (exact) mass is 225 g/mol. The van der Waals surface area contributed by atoms with Gasteiger partial charge in [0.1, 0.15) is 0 Å². The van der Waals surface area contributed by atoms with E-state index in [2.05, 4.69) is 36.1 Å². The lowest BCUT2D eigenvalue weighted by Gasteiger charge is -2.28. The molecule has 94 valence electrons. The molecule has 0 amide bonds. The lowest BCUT2D eigenvalue weighted by atomic mass is 9.97. The largest absolute Gasteiger partial charge is 0.316 e. The molecule has 16 heavy (non-hydrogen) atoms. The SMILES string of the molecule is CC1CNCC1CN(C)CC1CCCN1C. The Morgan fingerprint density at radius 3 is 2.69 bits per heavy atom. The molecule has 0 aromatic heterocycles. The zero-order chi connectivity index (χ0) is 11.5. The van der Waals surface area contributed by atoms with Crippen LogP contribution >= 0.6 is 0 Å². The predicted octanol–water partition coefficient (Wildman–Crippen LogP) is 0.868. The van der Waals surface area contributed by atoms with Crippen LogP contribution in [0.25, 0.3) is 0 Å². The normalized spacial score (nSPS) is 36.4. The number of hydrogen-bond donors (Lipinski definition) is 1. The summed E-state index contributed by atoms with van der Waals surface area (Å²) in [7, 11) is 4.56. The van der Waals surface area contributed by atoms with Crippen LogP contribution in [0.2, 0.25) is 0 Å². The molecular formula is C13H27N3. The van der Waals surface area contributed by atoms with Crippen molar-refractivity contribution in [3.8, 4) is 0 Å². The average Bonchev–Trinajstić information content (AvgIpc) is 2.79. The van der Waals surface area contributed by atoms with Gasteiger partial charge in [0.25, 0.3) is 0 Å². The van der Waals surface area contributed by atoms with Crippen molar-refractivity contribution in [3.63, 3.8) is 0 Å². The summed E-state index contributed by atoms with van der Waals surface area (Å²) in [5.74, 6) is 1.71. The van der Waals surface area contributed by atoms with Crippen molar-refractivity contribution in [2.75, 3.05) is 46.8 Å². The Hall–Kier alpha value is -0.120. The number of likely N-dealkylation sites (tertiary alicyclic amines) is 1. The van der Waals surface area contributed by atoms with Crippen molar-refractivity contribution in [2.45, 2.75) is 25.8 Å². The highest BCUT2D eigenvalue weighted by molar-refractivity contribution is 4.83. The van der Waals surface area contributed by atoms with Gasteiger partial charge in [0.2, 0.25) is 0 Å². The van der Waals surface area contributed by atoms with Crippen LogP contribution in [-0.2, 0) is 0 Å². The topological polar surface area (TPSA) is 18.5 Å². The van der Waals surface area contributed by atoms with Crippen LogP contribution in [0.5, 0.6) is 0 Å². The molecule has 0 spiro atoms. The Morgan fingerprint density at radius 1 is 1.31 bits per heavy atom. The van der Waals surface area contributed by atoms with Crippen molar-refractivity contribution >= 4 is 0 Å². The van der Waals surface area contributed by atoms with Crippen molar-refractivity contribution in [1.29, 1.82) is 0 Å². The molecule has 2 aliphatic heterocycles. The molecule has 0 bridgehead atoms. The summed E-state index contributed by atoms with van der Waals surface area (Å²) >= 11 is 0. The van der Waals surface area contributed by atoms with E-state index in [1.165, 1.54) is 45.6 Å². The van der Waals surface area contributed by atoms with Gasteiger partial charge in [-0.05, 0) is 58.4 Å². The number of rotatable bonds is 4. The van der Waals surface area contributed by atoms with E-state index in [-0.39, 0.29) is 0 Å². The molecule has 0 saturated carbocycles. The van der Waals surface area contributed by atoms with Crippen LogP contribution < -0.4 is 5.32 Å². The molecule has 2 rings (SSSR count). The van der Waals surface area contributed by atoms with Crippen LogP contribution in [0.4, 0.5) is 0 Å².